The molecule has 506 valence electrons. The number of H-pyrrole nitrogens is 1. The van der Waals surface area contributed by atoms with Crippen molar-refractivity contribution < 1.29 is 82.6 Å². The number of aliphatic carboxylic acids is 4. The van der Waals surface area contributed by atoms with Crippen LogP contribution in [0.3, 0.4) is 0 Å². The number of nitrogens with zero attached hydrogens (tertiary/aromatic N) is 1. The molecule has 3 heterocycles. The maximum Gasteiger partial charge on any atom is 0.407 e. The maximum atomic E-state index is 15.3. The van der Waals surface area contributed by atoms with Gasteiger partial charge in [-0.15, -0.1) is 0 Å². The van der Waals surface area contributed by atoms with Crippen LogP contribution in [-0.2, 0) is 78.6 Å². The molecule has 2 aliphatic rings. The van der Waals surface area contributed by atoms with Crippen LogP contribution in [0.2, 0.25) is 0 Å². The number of carboxylic acids is 4. The van der Waals surface area contributed by atoms with E-state index in [1.165, 1.54) is 4.90 Å². The van der Waals surface area contributed by atoms with E-state index in [2.05, 4.69) is 36.9 Å². The number of carbonyl (C=O) groups is 11. The number of carboxylic acid groups (broad SMARTS) is 4. The number of para-hydroxylation sites is 1. The molecule has 8 rings (SSSR count). The lowest BCUT2D eigenvalue weighted by Crippen LogP contribution is -2.61. The number of rotatable bonds is 23. The molecular formula is C66H80N12O17. The molecule has 95 heavy (non-hydrogen) atoms. The summed E-state index contributed by atoms with van der Waals surface area (Å²) in [6, 6.07) is 31.0. The number of hydrogen-bond donors (Lipinski definition) is 15. The highest BCUT2D eigenvalue weighted by molar-refractivity contribution is 5.99. The van der Waals surface area contributed by atoms with Gasteiger partial charge in [0.25, 0.3) is 0 Å². The number of aromatic nitrogens is 1. The SMILES string of the molecule is NCCCC[C@@H]1NC(=O)[C@@H](Cc2c[nH]c3ccccc23)NC(=O)[C@@H](c2ccccc2)NC(=O)[C@@H]2C[C@@H](OC(=O)NCCN)CN2C(=O)[C@H](Cc2ccccc2)NC(=O)[C@H](Cc2ccc(OCc3ccccc3)cc2)NC1=O.N[C@@H](CC(=O)O)C(=O)O.N[C@@H](CC(=O)O)C(=O)O. The van der Waals surface area contributed by atoms with E-state index < -0.39 is 133 Å². The van der Waals surface area contributed by atoms with Crippen molar-refractivity contribution in [2.45, 2.75) is 119 Å². The fourth-order valence-electron chi connectivity index (χ4n) is 10.2. The summed E-state index contributed by atoms with van der Waals surface area (Å²) >= 11 is 0. The van der Waals surface area contributed by atoms with Gasteiger partial charge in [0.15, 0.2) is 0 Å². The quantitative estimate of drug-likeness (QED) is 0.0400. The molecule has 0 bridgehead atoms. The van der Waals surface area contributed by atoms with Gasteiger partial charge in [-0.05, 0) is 71.8 Å². The second kappa shape index (κ2) is 37.1. The Labute approximate surface area is 546 Å². The molecule has 7 amide bonds. The lowest BCUT2D eigenvalue weighted by atomic mass is 9.99. The highest BCUT2D eigenvalue weighted by atomic mass is 16.6. The van der Waals surface area contributed by atoms with Gasteiger partial charge < -0.3 is 94.6 Å². The van der Waals surface area contributed by atoms with Crippen LogP contribution in [0.1, 0.15) is 72.4 Å². The number of alkyl carbamates (subject to hydrolysis) is 1. The normalized spacial score (nSPS) is 19.9. The molecule has 5 aromatic carbocycles. The van der Waals surface area contributed by atoms with Gasteiger partial charge in [0.2, 0.25) is 35.4 Å². The summed E-state index contributed by atoms with van der Waals surface area (Å²) < 4.78 is 11.8. The molecule has 29 heteroatoms. The van der Waals surface area contributed by atoms with E-state index in [0.717, 1.165) is 16.5 Å². The van der Waals surface area contributed by atoms with E-state index in [9.17, 15) is 43.2 Å². The van der Waals surface area contributed by atoms with E-state index in [1.807, 2.05) is 60.7 Å². The topological polar surface area (TPSA) is 482 Å². The Morgan fingerprint density at radius 3 is 1.65 bits per heavy atom. The molecule has 0 aliphatic carbocycles. The van der Waals surface area contributed by atoms with Crippen molar-refractivity contribution in [3.05, 3.63) is 174 Å². The summed E-state index contributed by atoms with van der Waals surface area (Å²) in [7, 11) is 0. The van der Waals surface area contributed by atoms with Gasteiger partial charge in [-0.25, -0.2) is 4.79 Å². The Bertz CT molecular complexity index is 3530. The van der Waals surface area contributed by atoms with Gasteiger partial charge in [-0.3, -0.25) is 47.9 Å². The molecule has 19 N–H and O–H groups in total. The van der Waals surface area contributed by atoms with Crippen molar-refractivity contribution in [2.24, 2.45) is 22.9 Å². The summed E-state index contributed by atoms with van der Waals surface area (Å²) in [4.78, 5) is 147. The minimum absolute atomic E-state index is 0.0385. The van der Waals surface area contributed by atoms with Crippen LogP contribution in [0.25, 0.3) is 10.9 Å². The minimum Gasteiger partial charge on any atom is -0.489 e. The summed E-state index contributed by atoms with van der Waals surface area (Å²) in [5.41, 5.74) is 25.3. The third-order valence-electron chi connectivity index (χ3n) is 15.1. The lowest BCUT2D eigenvalue weighted by Gasteiger charge is -2.32. The third kappa shape index (κ3) is 23.4. The smallest absolute Gasteiger partial charge is 0.407 e. The summed E-state index contributed by atoms with van der Waals surface area (Å²) in [6.45, 7) is 0.617. The first-order chi connectivity index (χ1) is 45.5. The molecule has 6 aromatic rings. The Kier molecular flexibility index (Phi) is 28.6. The van der Waals surface area contributed by atoms with Crippen LogP contribution in [0.4, 0.5) is 4.79 Å². The standard InChI is InChI=1S/C58H66N10O9.2C4H7NO4/c59-27-13-12-22-46-52(69)64-47(30-38-23-25-42(26-24-38)76-36-39-16-6-2-7-17-39)53(70)66-49(31-37-14-4-1-5-15-37)57(74)68-35-43(77-58(75)61-29-28-60)33-50(68)55(72)67-51(40-18-8-3-9-19-40)56(73)65-48(54(71)63-46)32-41-34-62-45-21-11-10-20-44(41)45;2*5-2(4(8)9)1-3(6)7/h1-11,14-21,23-26,34,43,46-51,62H,12-13,22,27-33,35-36,59-60H2,(H,61,75)(H,63,71)(H,64,69)(H,65,73)(H,66,70)(H,67,72);2*2H,1,5H2,(H,6,7)(H,8,9)/t43-,46+,47+,48-,49+,50+,51-;2*2-/m100/s1. The summed E-state index contributed by atoms with van der Waals surface area (Å²) in [5, 5.41) is 49.9. The van der Waals surface area contributed by atoms with Gasteiger partial charge in [0.1, 0.15) is 66.8 Å². The van der Waals surface area contributed by atoms with E-state index in [0.29, 0.717) is 54.0 Å². The number of amides is 7. The Morgan fingerprint density at radius 2 is 1.07 bits per heavy atom. The first-order valence-electron chi connectivity index (χ1n) is 30.5. The summed E-state index contributed by atoms with van der Waals surface area (Å²) in [5.74, 6) is -8.76. The second-order valence-corrected chi connectivity index (χ2v) is 22.3. The molecule has 0 spiro atoms. The van der Waals surface area contributed by atoms with E-state index in [4.69, 9.17) is 52.8 Å². The van der Waals surface area contributed by atoms with E-state index in [-0.39, 0.29) is 51.7 Å². The van der Waals surface area contributed by atoms with Crippen molar-refractivity contribution in [1.82, 2.24) is 41.8 Å². The first-order valence-corrected chi connectivity index (χ1v) is 30.5. The van der Waals surface area contributed by atoms with Crippen molar-refractivity contribution in [1.29, 1.82) is 0 Å². The fraction of sp³-hybridized carbons (Fsp3) is 0.348. The Morgan fingerprint density at radius 1 is 0.558 bits per heavy atom. The molecule has 0 saturated carbocycles. The minimum atomic E-state index is -1.42. The van der Waals surface area contributed by atoms with Crippen molar-refractivity contribution in [3.63, 3.8) is 0 Å². The largest absolute Gasteiger partial charge is 0.489 e. The lowest BCUT2D eigenvalue weighted by molar-refractivity contribution is -0.144. The zero-order valence-corrected chi connectivity index (χ0v) is 51.8. The number of fused-ring (bicyclic) bond motifs is 2. The zero-order chi connectivity index (χ0) is 69.0. The predicted octanol–water partition coefficient (Wildman–Crippen LogP) is 1.11. The van der Waals surface area contributed by atoms with Gasteiger partial charge in [0, 0.05) is 55.9 Å². The van der Waals surface area contributed by atoms with Crippen LogP contribution in [0.15, 0.2) is 146 Å². The molecule has 9 atom stereocenters. The molecule has 1 aromatic heterocycles. The van der Waals surface area contributed by atoms with Crippen LogP contribution in [0, 0.1) is 0 Å². The second-order valence-electron chi connectivity index (χ2n) is 22.3. The average molecular weight is 1310 g/mol. The molecule has 0 unspecified atom stereocenters. The monoisotopic (exact) mass is 1310 g/mol. The van der Waals surface area contributed by atoms with Crippen molar-refractivity contribution in [3.8, 4) is 5.75 Å². The number of ether oxygens (including phenoxy) is 2. The van der Waals surface area contributed by atoms with Crippen LogP contribution >= 0.6 is 0 Å². The zero-order valence-electron chi connectivity index (χ0n) is 51.8. The fourth-order valence-corrected chi connectivity index (χ4v) is 10.2. The highest BCUT2D eigenvalue weighted by Gasteiger charge is 2.45. The van der Waals surface area contributed by atoms with Gasteiger partial charge in [0.05, 0.1) is 19.4 Å². The Balaban J connectivity index is 0.000000693. The number of aromatic amines is 1. The predicted molar refractivity (Wildman–Crippen MR) is 344 cm³/mol. The van der Waals surface area contributed by atoms with Crippen molar-refractivity contribution >= 4 is 76.3 Å². The summed E-state index contributed by atoms with van der Waals surface area (Å²) in [6.07, 6.45) is -0.413. The van der Waals surface area contributed by atoms with Crippen LogP contribution < -0.4 is 59.6 Å². The molecule has 2 aliphatic heterocycles. The average Bonchev–Trinajstić information content (AvgIpc) is 1.72. The molecule has 2 saturated heterocycles. The molecule has 29 nitrogen and oxygen atoms in total. The number of nitrogens with one attached hydrogen (secondary N) is 7. The van der Waals surface area contributed by atoms with Crippen molar-refractivity contribution in [2.75, 3.05) is 26.2 Å². The number of unbranched alkanes of at least 4 members (excludes halogenated alkanes) is 1. The number of hydrogen-bond acceptors (Lipinski definition) is 17. The van der Waals surface area contributed by atoms with Crippen LogP contribution in [-0.4, -0.2) is 170 Å². The molecule has 2 fully saturated rings. The van der Waals surface area contributed by atoms with Gasteiger partial charge >= 0.3 is 30.0 Å². The number of benzene rings is 5. The van der Waals surface area contributed by atoms with E-state index in [1.54, 1.807) is 85.1 Å². The number of carbonyl (C=O) groups excluding carboxylic acids is 7. The van der Waals surface area contributed by atoms with Gasteiger partial charge in [-0.1, -0.05) is 121 Å². The molecular weight excluding hydrogens is 1230 g/mol. The van der Waals surface area contributed by atoms with E-state index >= 15 is 9.59 Å². The van der Waals surface area contributed by atoms with Gasteiger partial charge in [-0.2, -0.15) is 0 Å². The highest BCUT2D eigenvalue weighted by Crippen LogP contribution is 2.26. The third-order valence-corrected chi connectivity index (χ3v) is 15.1. The molecule has 0 radical (unpaired) electrons. The Hall–Kier alpha value is -10.7. The number of nitrogens with two attached hydrogens (primary N) is 4. The van der Waals surface area contributed by atoms with Crippen LogP contribution in [0.5, 0.6) is 5.75 Å². The maximum absolute atomic E-state index is 15.3. The first kappa shape index (κ1) is 73.3.